The summed E-state index contributed by atoms with van der Waals surface area (Å²) in [4.78, 5) is 15.7. The zero-order valence-electron chi connectivity index (χ0n) is 10.8. The highest BCUT2D eigenvalue weighted by molar-refractivity contribution is 7.84. The number of nitrogens with zero attached hydrogens (tertiary/aromatic N) is 1. The van der Waals surface area contributed by atoms with Crippen LogP contribution in [0.3, 0.4) is 0 Å². The van der Waals surface area contributed by atoms with Crippen LogP contribution in [0.15, 0.2) is 18.3 Å². The summed E-state index contributed by atoms with van der Waals surface area (Å²) in [6.45, 7) is 2.52. The molecule has 0 aliphatic heterocycles. The number of aromatic nitrogens is 1. The van der Waals surface area contributed by atoms with Crippen molar-refractivity contribution in [2.45, 2.75) is 6.92 Å². The van der Waals surface area contributed by atoms with Crippen LogP contribution in [0, 0.1) is 11.8 Å². The van der Waals surface area contributed by atoms with Gasteiger partial charge in [-0.1, -0.05) is 18.8 Å². The van der Waals surface area contributed by atoms with Gasteiger partial charge in [-0.05, 0) is 12.1 Å². The van der Waals surface area contributed by atoms with E-state index in [0.29, 0.717) is 29.3 Å². The Bertz CT molecular complexity index is 503. The summed E-state index contributed by atoms with van der Waals surface area (Å²) >= 11 is 0. The van der Waals surface area contributed by atoms with Crippen molar-refractivity contribution in [1.29, 1.82) is 0 Å². The van der Waals surface area contributed by atoms with Crippen molar-refractivity contribution in [2.75, 3.05) is 24.6 Å². The van der Waals surface area contributed by atoms with E-state index in [9.17, 15) is 9.00 Å². The Morgan fingerprint density at radius 3 is 2.89 bits per heavy atom. The molecule has 5 nitrogen and oxygen atoms in total. The number of pyridine rings is 1. The third-order valence-electron chi connectivity index (χ3n) is 2.27. The Kier molecular flexibility index (Phi) is 6.79. The highest BCUT2D eigenvalue weighted by Crippen LogP contribution is 1.98. The molecule has 3 N–H and O–H groups in total. The first-order chi connectivity index (χ1) is 9.17. The van der Waals surface area contributed by atoms with Gasteiger partial charge >= 0.3 is 0 Å². The van der Waals surface area contributed by atoms with Gasteiger partial charge in [-0.3, -0.25) is 9.00 Å². The molecule has 0 radical (unpaired) electrons. The molecule has 0 bridgehead atoms. The first kappa shape index (κ1) is 15.3. The van der Waals surface area contributed by atoms with Crippen molar-refractivity contribution in [2.24, 2.45) is 5.73 Å². The lowest BCUT2D eigenvalue weighted by atomic mass is 10.2. The Balaban J connectivity index is 2.51. The Morgan fingerprint density at radius 1 is 1.53 bits per heavy atom. The monoisotopic (exact) mass is 279 g/mol. The van der Waals surface area contributed by atoms with Crippen molar-refractivity contribution in [3.8, 4) is 11.8 Å². The second-order valence-electron chi connectivity index (χ2n) is 3.63. The molecule has 0 aromatic carbocycles. The molecule has 0 saturated carbocycles. The van der Waals surface area contributed by atoms with Crippen molar-refractivity contribution >= 4 is 16.7 Å². The van der Waals surface area contributed by atoms with Crippen LogP contribution in [-0.4, -0.2) is 39.7 Å². The fourth-order valence-electron chi connectivity index (χ4n) is 1.27. The molecule has 1 rings (SSSR count). The lowest BCUT2D eigenvalue weighted by Gasteiger charge is -2.03. The zero-order valence-corrected chi connectivity index (χ0v) is 11.6. The molecule has 0 aliphatic rings. The number of amides is 1. The molecule has 102 valence electrons. The Labute approximate surface area is 115 Å². The summed E-state index contributed by atoms with van der Waals surface area (Å²) in [6, 6.07) is 3.32. The molecular weight excluding hydrogens is 262 g/mol. The smallest absolute Gasteiger partial charge is 0.269 e. The van der Waals surface area contributed by atoms with Crippen LogP contribution in [0.5, 0.6) is 0 Å². The minimum Gasteiger partial charge on any atom is -0.350 e. The van der Waals surface area contributed by atoms with Gasteiger partial charge in [0.05, 0.1) is 6.54 Å². The van der Waals surface area contributed by atoms with E-state index in [-0.39, 0.29) is 12.5 Å². The minimum absolute atomic E-state index is 0.272. The van der Waals surface area contributed by atoms with E-state index in [1.165, 1.54) is 6.20 Å². The van der Waals surface area contributed by atoms with Gasteiger partial charge in [-0.15, -0.1) is 0 Å². The second kappa shape index (κ2) is 8.40. The summed E-state index contributed by atoms with van der Waals surface area (Å²) in [6.07, 6.45) is 1.53. The maximum atomic E-state index is 11.7. The quantitative estimate of drug-likeness (QED) is 0.737. The maximum Gasteiger partial charge on any atom is 0.269 e. The zero-order chi connectivity index (χ0) is 14.1. The molecule has 0 fully saturated rings. The number of carbonyl (C=O) groups excluding carboxylic acids is 1. The molecule has 1 aromatic rings. The van der Waals surface area contributed by atoms with Crippen molar-refractivity contribution in [1.82, 2.24) is 10.3 Å². The standard InChI is InChI=1S/C13H17N3O2S/c1-2-19(18)9-8-15-13(17)12-6-5-11(10-16-12)4-3-7-14/h5-6,10H,2,7-9,14H2,1H3,(H,15,17). The number of carbonyl (C=O) groups is 1. The number of hydrogen-bond donors (Lipinski definition) is 2. The predicted octanol–water partition coefficient (Wildman–Crippen LogP) is -0.110. The van der Waals surface area contributed by atoms with Crippen LogP contribution in [0.1, 0.15) is 23.0 Å². The molecule has 1 amide bonds. The van der Waals surface area contributed by atoms with Gasteiger partial charge < -0.3 is 11.1 Å². The molecule has 0 spiro atoms. The topological polar surface area (TPSA) is 85.1 Å². The van der Waals surface area contributed by atoms with E-state index in [1.54, 1.807) is 12.1 Å². The molecule has 19 heavy (non-hydrogen) atoms. The predicted molar refractivity (Wildman–Crippen MR) is 76.1 cm³/mol. The van der Waals surface area contributed by atoms with E-state index >= 15 is 0 Å². The first-order valence-electron chi connectivity index (χ1n) is 5.95. The van der Waals surface area contributed by atoms with Crippen molar-refractivity contribution in [3.63, 3.8) is 0 Å². The SMILES string of the molecule is CCS(=O)CCNC(=O)c1ccc(C#CCN)cn1. The Hall–Kier alpha value is -1.71. The summed E-state index contributed by atoms with van der Waals surface area (Å²) in [5, 5.41) is 2.68. The largest absolute Gasteiger partial charge is 0.350 e. The minimum atomic E-state index is -0.873. The van der Waals surface area contributed by atoms with Crippen LogP contribution in [0.25, 0.3) is 0 Å². The third kappa shape index (κ3) is 5.64. The van der Waals surface area contributed by atoms with Gasteiger partial charge in [-0.25, -0.2) is 4.98 Å². The molecule has 1 unspecified atom stereocenters. The van der Waals surface area contributed by atoms with Crippen LogP contribution in [0.4, 0.5) is 0 Å². The van der Waals surface area contributed by atoms with E-state index < -0.39 is 10.8 Å². The van der Waals surface area contributed by atoms with Crippen LogP contribution in [-0.2, 0) is 10.8 Å². The maximum absolute atomic E-state index is 11.7. The molecule has 1 heterocycles. The molecule has 1 aromatic heterocycles. The molecule has 1 atom stereocenters. The average molecular weight is 279 g/mol. The number of hydrogen-bond acceptors (Lipinski definition) is 4. The summed E-state index contributed by atoms with van der Waals surface area (Å²) in [7, 11) is -0.873. The van der Waals surface area contributed by atoms with E-state index in [2.05, 4.69) is 22.1 Å². The van der Waals surface area contributed by atoms with E-state index in [4.69, 9.17) is 5.73 Å². The molecule has 6 heteroatoms. The van der Waals surface area contributed by atoms with Crippen molar-refractivity contribution in [3.05, 3.63) is 29.6 Å². The third-order valence-corrected chi connectivity index (χ3v) is 3.57. The fourth-order valence-corrected chi connectivity index (χ4v) is 1.89. The average Bonchev–Trinajstić information content (AvgIpc) is 2.45. The van der Waals surface area contributed by atoms with Gasteiger partial charge in [0.25, 0.3) is 5.91 Å². The molecule has 0 aliphatic carbocycles. The normalized spacial score (nSPS) is 11.3. The fraction of sp³-hybridized carbons (Fsp3) is 0.385. The lowest BCUT2D eigenvalue weighted by molar-refractivity contribution is 0.0951. The highest BCUT2D eigenvalue weighted by Gasteiger charge is 2.06. The molecule has 0 saturated heterocycles. The van der Waals surface area contributed by atoms with Gasteiger partial charge in [0.15, 0.2) is 0 Å². The summed E-state index contributed by atoms with van der Waals surface area (Å²) in [5.41, 5.74) is 6.30. The first-order valence-corrected chi connectivity index (χ1v) is 7.44. The number of rotatable bonds is 5. The van der Waals surface area contributed by atoms with E-state index in [1.807, 2.05) is 6.92 Å². The van der Waals surface area contributed by atoms with Gasteiger partial charge in [0.2, 0.25) is 0 Å². The van der Waals surface area contributed by atoms with Gasteiger partial charge in [0, 0.05) is 40.6 Å². The van der Waals surface area contributed by atoms with Gasteiger partial charge in [0.1, 0.15) is 5.69 Å². The Morgan fingerprint density at radius 2 is 2.32 bits per heavy atom. The second-order valence-corrected chi connectivity index (χ2v) is 5.49. The van der Waals surface area contributed by atoms with E-state index in [0.717, 1.165) is 0 Å². The number of nitrogens with two attached hydrogens (primary N) is 1. The number of nitrogens with one attached hydrogen (secondary N) is 1. The highest BCUT2D eigenvalue weighted by atomic mass is 32.2. The summed E-state index contributed by atoms with van der Waals surface area (Å²) < 4.78 is 11.2. The van der Waals surface area contributed by atoms with Crippen LogP contribution < -0.4 is 11.1 Å². The summed E-state index contributed by atoms with van der Waals surface area (Å²) in [5.74, 6) is 6.33. The van der Waals surface area contributed by atoms with Gasteiger partial charge in [-0.2, -0.15) is 0 Å². The van der Waals surface area contributed by atoms with Crippen LogP contribution >= 0.6 is 0 Å². The molecular formula is C13H17N3O2S. The lowest BCUT2D eigenvalue weighted by Crippen LogP contribution is -2.28. The van der Waals surface area contributed by atoms with Crippen molar-refractivity contribution < 1.29 is 9.00 Å². The van der Waals surface area contributed by atoms with Crippen LogP contribution in [0.2, 0.25) is 0 Å².